The molecule has 2 aromatic heterocycles. The molecule has 0 aliphatic rings. The van der Waals surface area contributed by atoms with Crippen molar-refractivity contribution in [1.82, 2.24) is 19.3 Å². The van der Waals surface area contributed by atoms with Crippen LogP contribution in [0.2, 0.25) is 0 Å². The number of nitro groups is 6. The van der Waals surface area contributed by atoms with E-state index in [0.29, 0.717) is 0 Å². The normalized spacial score (nSPS) is 10.3. The Kier molecular flexibility index (Phi) is 4.98. The van der Waals surface area contributed by atoms with Crippen LogP contribution in [0.25, 0.3) is 11.6 Å². The van der Waals surface area contributed by atoms with Gasteiger partial charge in [0, 0.05) is 20.0 Å². The molecule has 0 spiro atoms. The number of imidazole rings is 2. The standard InChI is InChI=1S/C6H2N12O12/c19-13(20)3-5(15(23)24)11(9-17(27)28)1(7-3)2-8-4(14(21)22)6(16(25)26)12(2)10-18(29)30/h9-10H. The molecular weight excluding hydrogens is 432 g/mol. The van der Waals surface area contributed by atoms with Gasteiger partial charge in [0.05, 0.1) is 0 Å². The van der Waals surface area contributed by atoms with Crippen molar-refractivity contribution in [3.05, 3.63) is 60.7 Å². The molecule has 0 aromatic carbocycles. The molecule has 2 heterocycles. The van der Waals surface area contributed by atoms with Crippen molar-refractivity contribution >= 4 is 23.3 Å². The molecule has 2 rings (SSSR count). The van der Waals surface area contributed by atoms with Gasteiger partial charge in [0.15, 0.2) is 0 Å². The van der Waals surface area contributed by atoms with Crippen LogP contribution in [0.15, 0.2) is 0 Å². The minimum atomic E-state index is -1.69. The van der Waals surface area contributed by atoms with Crippen LogP contribution in [0.1, 0.15) is 0 Å². The summed E-state index contributed by atoms with van der Waals surface area (Å²) in [6, 6.07) is 0. The van der Waals surface area contributed by atoms with E-state index < -0.39 is 64.7 Å². The van der Waals surface area contributed by atoms with Gasteiger partial charge >= 0.3 is 34.9 Å². The highest BCUT2D eigenvalue weighted by Gasteiger charge is 2.51. The van der Waals surface area contributed by atoms with Gasteiger partial charge in [0.25, 0.3) is 0 Å². The molecular formula is C6H2N12O12. The molecule has 0 atom stereocenters. The monoisotopic (exact) mass is 434 g/mol. The zero-order valence-corrected chi connectivity index (χ0v) is 13.4. The van der Waals surface area contributed by atoms with Gasteiger partial charge in [-0.2, -0.15) is 0 Å². The summed E-state index contributed by atoms with van der Waals surface area (Å²) < 4.78 is -0.627. The van der Waals surface area contributed by atoms with Crippen molar-refractivity contribution < 1.29 is 29.8 Å². The van der Waals surface area contributed by atoms with Gasteiger partial charge in [0.1, 0.15) is 0 Å². The minimum Gasteiger partial charge on any atom is -0.358 e. The molecule has 0 bridgehead atoms. The third-order valence-corrected chi connectivity index (χ3v) is 2.93. The van der Waals surface area contributed by atoms with Crippen LogP contribution in [0.5, 0.6) is 0 Å². The fourth-order valence-corrected chi connectivity index (χ4v) is 2.03. The first-order chi connectivity index (χ1) is 13.9. The quantitative estimate of drug-likeness (QED) is 0.347. The van der Waals surface area contributed by atoms with E-state index in [0.717, 1.165) is 11.1 Å². The topological polar surface area (TPSA) is 319 Å². The highest BCUT2D eigenvalue weighted by molar-refractivity contribution is 5.62. The number of nitrogens with one attached hydrogen (secondary N) is 2. The van der Waals surface area contributed by atoms with Gasteiger partial charge in [-0.1, -0.05) is 0 Å². The maximum atomic E-state index is 11.1. The second kappa shape index (κ2) is 7.21. The molecule has 0 saturated heterocycles. The molecule has 2 N–H and O–H groups in total. The van der Waals surface area contributed by atoms with Gasteiger partial charge in [-0.05, 0) is 40.1 Å². The Balaban J connectivity index is 3.02. The van der Waals surface area contributed by atoms with Crippen LogP contribution in [0, 0.1) is 60.7 Å². The fraction of sp³-hybridized carbons (Fsp3) is 0. The van der Waals surface area contributed by atoms with E-state index in [2.05, 4.69) is 9.97 Å². The summed E-state index contributed by atoms with van der Waals surface area (Å²) in [5.41, 5.74) is 2.21. The number of hydrazine groups is 2. The van der Waals surface area contributed by atoms with Crippen LogP contribution in [0.4, 0.5) is 23.3 Å². The first-order valence-corrected chi connectivity index (χ1v) is 6.52. The molecule has 24 heteroatoms. The summed E-state index contributed by atoms with van der Waals surface area (Å²) in [6.07, 6.45) is 0. The average molecular weight is 434 g/mol. The predicted molar refractivity (Wildman–Crippen MR) is 82.8 cm³/mol. The zero-order chi connectivity index (χ0) is 22.9. The minimum absolute atomic E-state index is 0.313. The van der Waals surface area contributed by atoms with Crippen molar-refractivity contribution in [2.45, 2.75) is 0 Å². The summed E-state index contributed by atoms with van der Waals surface area (Å²) in [4.78, 5) is 65.9. The molecule has 0 saturated carbocycles. The number of hydrogen-bond donors (Lipinski definition) is 2. The smallest absolute Gasteiger partial charge is 0.358 e. The zero-order valence-electron chi connectivity index (χ0n) is 13.4. The third kappa shape index (κ3) is 3.47. The molecule has 158 valence electrons. The Morgan fingerprint density at radius 2 is 0.867 bits per heavy atom. The molecule has 0 radical (unpaired) electrons. The van der Waals surface area contributed by atoms with Crippen molar-refractivity contribution in [3.8, 4) is 11.6 Å². The van der Waals surface area contributed by atoms with E-state index in [1.807, 2.05) is 0 Å². The summed E-state index contributed by atoms with van der Waals surface area (Å²) in [6.45, 7) is 0. The maximum absolute atomic E-state index is 11.1. The number of nitrogens with zero attached hydrogens (tertiary/aromatic N) is 10. The van der Waals surface area contributed by atoms with Gasteiger partial charge in [-0.3, -0.25) is 0 Å². The number of aromatic nitrogens is 4. The van der Waals surface area contributed by atoms with E-state index in [4.69, 9.17) is 0 Å². The van der Waals surface area contributed by atoms with E-state index in [9.17, 15) is 60.7 Å². The van der Waals surface area contributed by atoms with Gasteiger partial charge < -0.3 is 60.7 Å². The Hall–Kier alpha value is -5.58. The van der Waals surface area contributed by atoms with Crippen LogP contribution in [0.3, 0.4) is 0 Å². The van der Waals surface area contributed by atoms with Crippen LogP contribution in [-0.4, -0.2) is 49.1 Å². The summed E-state index contributed by atoms with van der Waals surface area (Å²) in [5, 5.41) is 62.8. The Morgan fingerprint density at radius 3 is 1.07 bits per heavy atom. The molecule has 0 aliphatic heterocycles. The van der Waals surface area contributed by atoms with Gasteiger partial charge in [-0.15, -0.1) is 0 Å². The van der Waals surface area contributed by atoms with E-state index in [1.165, 1.54) is 0 Å². The molecule has 0 aliphatic carbocycles. The lowest BCUT2D eigenvalue weighted by Gasteiger charge is -2.01. The Bertz CT molecular complexity index is 1040. The fourth-order valence-electron chi connectivity index (χ4n) is 2.03. The maximum Gasteiger partial charge on any atom is 0.466 e. The van der Waals surface area contributed by atoms with Crippen LogP contribution >= 0.6 is 0 Å². The van der Waals surface area contributed by atoms with Crippen molar-refractivity contribution in [3.63, 3.8) is 0 Å². The molecule has 0 amide bonds. The van der Waals surface area contributed by atoms with Crippen LogP contribution in [-0.2, 0) is 0 Å². The highest BCUT2D eigenvalue weighted by atomic mass is 16.7. The van der Waals surface area contributed by atoms with Crippen molar-refractivity contribution in [1.29, 1.82) is 0 Å². The first-order valence-electron chi connectivity index (χ1n) is 6.52. The second-order valence-electron chi connectivity index (χ2n) is 4.58. The lowest BCUT2D eigenvalue weighted by atomic mass is 10.6. The summed E-state index contributed by atoms with van der Waals surface area (Å²) >= 11 is 0. The lowest BCUT2D eigenvalue weighted by molar-refractivity contribution is -0.470. The third-order valence-electron chi connectivity index (χ3n) is 2.93. The highest BCUT2D eigenvalue weighted by Crippen LogP contribution is 2.35. The first kappa shape index (κ1) is 20.7. The predicted octanol–water partition coefficient (Wildman–Crippen LogP) is -1.15. The van der Waals surface area contributed by atoms with Crippen molar-refractivity contribution in [2.24, 2.45) is 0 Å². The molecule has 0 unspecified atom stereocenters. The SMILES string of the molecule is O=[N+]([O-])Nn1c(-c2nc([N+](=O)[O-])c([N+](=O)[O-])n2N[N+](=O)[O-])nc([N+](=O)[O-])c1[N+](=O)[O-]. The lowest BCUT2D eigenvalue weighted by Crippen LogP contribution is -2.27. The molecule has 2 aromatic rings. The van der Waals surface area contributed by atoms with Crippen LogP contribution < -0.4 is 11.1 Å². The molecule has 30 heavy (non-hydrogen) atoms. The Labute approximate surface area is 157 Å². The summed E-state index contributed by atoms with van der Waals surface area (Å²) in [7, 11) is 0. The van der Waals surface area contributed by atoms with Gasteiger partial charge in [-0.25, -0.2) is 0 Å². The van der Waals surface area contributed by atoms with E-state index >= 15 is 0 Å². The largest absolute Gasteiger partial charge is 0.466 e. The average Bonchev–Trinajstić information content (AvgIpc) is 3.12. The van der Waals surface area contributed by atoms with Gasteiger partial charge in [0.2, 0.25) is 0 Å². The molecule has 0 fully saturated rings. The Morgan fingerprint density at radius 1 is 0.567 bits per heavy atom. The summed E-state index contributed by atoms with van der Waals surface area (Å²) in [5.74, 6) is -9.37. The number of rotatable bonds is 9. The second-order valence-corrected chi connectivity index (χ2v) is 4.58. The van der Waals surface area contributed by atoms with E-state index in [1.54, 1.807) is 0 Å². The van der Waals surface area contributed by atoms with Crippen molar-refractivity contribution in [2.75, 3.05) is 11.1 Å². The van der Waals surface area contributed by atoms with E-state index in [-0.39, 0.29) is 9.35 Å². The number of hydrogen-bond acceptors (Lipinski definition) is 14. The molecule has 24 nitrogen and oxygen atoms in total.